The van der Waals surface area contributed by atoms with Gasteiger partial charge >= 0.3 is 0 Å². The number of benzene rings is 3. The Morgan fingerprint density at radius 1 is 0.788 bits per heavy atom. The Bertz CT molecular complexity index is 1320. The number of hydrogen-bond acceptors (Lipinski definition) is 5. The van der Waals surface area contributed by atoms with Crippen molar-refractivity contribution in [3.63, 3.8) is 0 Å². The molecule has 3 aromatic carbocycles. The van der Waals surface area contributed by atoms with E-state index in [1.807, 2.05) is 6.92 Å². The van der Waals surface area contributed by atoms with Crippen molar-refractivity contribution in [1.29, 1.82) is 0 Å². The molecular weight excluding hydrogens is 460 g/mol. The van der Waals surface area contributed by atoms with Crippen molar-refractivity contribution in [2.75, 3.05) is 13.7 Å². The minimum Gasteiger partial charge on any atom is -0.497 e. The van der Waals surface area contributed by atoms with E-state index in [9.17, 15) is 16.8 Å². The Morgan fingerprint density at radius 2 is 1.36 bits per heavy atom. The Kier molecular flexibility index (Phi) is 6.32. The summed E-state index contributed by atoms with van der Waals surface area (Å²) in [5, 5.41) is 0. The molecule has 3 aromatic rings. The maximum Gasteiger partial charge on any atom is 0.245 e. The lowest BCUT2D eigenvalue weighted by Gasteiger charge is -2.30. The lowest BCUT2D eigenvalue weighted by molar-refractivity contribution is 0.275. The molecule has 1 aliphatic heterocycles. The molecule has 1 saturated heterocycles. The fourth-order valence-electron chi connectivity index (χ4n) is 4.06. The number of nitrogens with zero attached hydrogens (tertiary/aromatic N) is 2. The molecule has 9 heteroatoms. The van der Waals surface area contributed by atoms with Crippen LogP contribution in [-0.4, -0.2) is 45.1 Å². The fourth-order valence-corrected chi connectivity index (χ4v) is 7.55. The van der Waals surface area contributed by atoms with E-state index in [4.69, 9.17) is 4.74 Å². The van der Waals surface area contributed by atoms with Crippen LogP contribution in [0.4, 0.5) is 0 Å². The Labute approximate surface area is 195 Å². The molecule has 174 valence electrons. The SMILES string of the molecule is COc1ccc(C2N(S(=O)(=O)c3ccc(C)cc3)CC(C)N2S(=O)(=O)c2ccccc2)cc1. The summed E-state index contributed by atoms with van der Waals surface area (Å²) < 4.78 is 62.5. The molecule has 0 aromatic heterocycles. The molecule has 0 saturated carbocycles. The maximum atomic E-state index is 13.7. The van der Waals surface area contributed by atoms with Crippen molar-refractivity contribution in [2.24, 2.45) is 0 Å². The van der Waals surface area contributed by atoms with Gasteiger partial charge in [0, 0.05) is 12.6 Å². The van der Waals surface area contributed by atoms with Gasteiger partial charge in [-0.15, -0.1) is 0 Å². The molecule has 0 N–H and O–H groups in total. The van der Waals surface area contributed by atoms with Crippen molar-refractivity contribution in [1.82, 2.24) is 8.61 Å². The predicted octanol–water partition coefficient (Wildman–Crippen LogP) is 3.79. The van der Waals surface area contributed by atoms with Gasteiger partial charge in [-0.3, -0.25) is 0 Å². The van der Waals surface area contributed by atoms with Crippen molar-refractivity contribution in [3.8, 4) is 5.75 Å². The van der Waals surface area contributed by atoms with Gasteiger partial charge in [0.2, 0.25) is 20.0 Å². The summed E-state index contributed by atoms with van der Waals surface area (Å²) in [4.78, 5) is 0.239. The van der Waals surface area contributed by atoms with Crippen LogP contribution in [0.25, 0.3) is 0 Å². The van der Waals surface area contributed by atoms with Crippen LogP contribution in [-0.2, 0) is 20.0 Å². The van der Waals surface area contributed by atoms with Gasteiger partial charge in [-0.1, -0.05) is 48.0 Å². The Hall–Kier alpha value is -2.72. The molecule has 0 bridgehead atoms. The van der Waals surface area contributed by atoms with Gasteiger partial charge in [-0.2, -0.15) is 8.61 Å². The lowest BCUT2D eigenvalue weighted by Crippen LogP contribution is -2.39. The minimum absolute atomic E-state index is 0.0268. The summed E-state index contributed by atoms with van der Waals surface area (Å²) in [5.41, 5.74) is 1.47. The van der Waals surface area contributed by atoms with E-state index in [1.165, 1.54) is 27.9 Å². The molecule has 2 unspecified atom stereocenters. The normalized spacial score (nSPS) is 20.1. The third-order valence-corrected chi connectivity index (χ3v) is 9.57. The smallest absolute Gasteiger partial charge is 0.245 e. The molecule has 1 fully saturated rings. The van der Waals surface area contributed by atoms with Crippen molar-refractivity contribution in [2.45, 2.75) is 35.8 Å². The zero-order valence-electron chi connectivity index (χ0n) is 18.6. The number of rotatable bonds is 6. The topological polar surface area (TPSA) is 84.0 Å². The van der Waals surface area contributed by atoms with Gasteiger partial charge in [0.15, 0.2) is 0 Å². The highest BCUT2D eigenvalue weighted by Crippen LogP contribution is 2.41. The number of ether oxygens (including phenoxy) is 1. The standard InChI is InChI=1S/C24H26N2O5S2/c1-18-9-15-23(16-10-18)32(27,28)25-17-19(2)26(33(29,30)22-7-5-4-6-8-22)24(25)20-11-13-21(31-3)14-12-20/h4-16,19,24H,17H2,1-3H3. The van der Waals surface area contributed by atoms with Crippen LogP contribution >= 0.6 is 0 Å². The van der Waals surface area contributed by atoms with Gasteiger partial charge < -0.3 is 4.74 Å². The summed E-state index contributed by atoms with van der Waals surface area (Å²) in [6.45, 7) is 3.63. The molecule has 1 heterocycles. The first-order valence-corrected chi connectivity index (χ1v) is 13.4. The second-order valence-electron chi connectivity index (χ2n) is 8.03. The second-order valence-corrected chi connectivity index (χ2v) is 11.8. The maximum absolute atomic E-state index is 13.7. The van der Waals surface area contributed by atoms with Crippen molar-refractivity contribution >= 4 is 20.0 Å². The number of sulfonamides is 2. The van der Waals surface area contributed by atoms with Crippen molar-refractivity contribution in [3.05, 3.63) is 90.0 Å². The molecule has 7 nitrogen and oxygen atoms in total. The third-order valence-electron chi connectivity index (χ3n) is 5.75. The van der Waals surface area contributed by atoms with Crippen LogP contribution in [0.15, 0.2) is 88.7 Å². The molecule has 0 spiro atoms. The summed E-state index contributed by atoms with van der Waals surface area (Å²) in [6.07, 6.45) is -1.04. The number of methoxy groups -OCH3 is 1. The summed E-state index contributed by atoms with van der Waals surface area (Å²) in [5.74, 6) is 0.593. The van der Waals surface area contributed by atoms with E-state index in [-0.39, 0.29) is 16.3 Å². The van der Waals surface area contributed by atoms with E-state index < -0.39 is 32.3 Å². The number of hydrogen-bond donors (Lipinski definition) is 0. The van der Waals surface area contributed by atoms with Gasteiger partial charge in [-0.25, -0.2) is 16.8 Å². The predicted molar refractivity (Wildman–Crippen MR) is 126 cm³/mol. The molecule has 1 aliphatic rings. The van der Waals surface area contributed by atoms with Gasteiger partial charge in [0.25, 0.3) is 0 Å². The van der Waals surface area contributed by atoms with Crippen LogP contribution in [0, 0.1) is 6.92 Å². The monoisotopic (exact) mass is 486 g/mol. The zero-order valence-corrected chi connectivity index (χ0v) is 20.3. The van der Waals surface area contributed by atoms with Gasteiger partial charge in [0.05, 0.1) is 16.9 Å². The molecule has 2 atom stereocenters. The Balaban J connectivity index is 1.87. The average molecular weight is 487 g/mol. The first-order valence-electron chi connectivity index (χ1n) is 10.5. The van der Waals surface area contributed by atoms with E-state index in [0.29, 0.717) is 11.3 Å². The van der Waals surface area contributed by atoms with Crippen molar-refractivity contribution < 1.29 is 21.6 Å². The number of aryl methyl sites for hydroxylation is 1. The van der Waals surface area contributed by atoms with E-state index in [2.05, 4.69) is 0 Å². The molecule has 33 heavy (non-hydrogen) atoms. The van der Waals surface area contributed by atoms with E-state index in [1.54, 1.807) is 73.7 Å². The van der Waals surface area contributed by atoms with Gasteiger partial charge in [-0.05, 0) is 55.8 Å². The lowest BCUT2D eigenvalue weighted by atomic mass is 10.1. The molecular formula is C24H26N2O5S2. The summed E-state index contributed by atoms with van der Waals surface area (Å²) in [6, 6.07) is 20.8. The highest BCUT2D eigenvalue weighted by Gasteiger charge is 2.50. The highest BCUT2D eigenvalue weighted by atomic mass is 32.2. The van der Waals surface area contributed by atoms with E-state index in [0.717, 1.165) is 5.56 Å². The summed E-state index contributed by atoms with van der Waals surface area (Å²) >= 11 is 0. The molecule has 4 rings (SSSR count). The second kappa shape index (κ2) is 8.90. The van der Waals surface area contributed by atoms with Crippen LogP contribution in [0.1, 0.15) is 24.2 Å². The Morgan fingerprint density at radius 3 is 1.94 bits per heavy atom. The highest BCUT2D eigenvalue weighted by molar-refractivity contribution is 7.90. The van der Waals surface area contributed by atoms with Gasteiger partial charge in [0.1, 0.15) is 11.9 Å². The van der Waals surface area contributed by atoms with Crippen LogP contribution < -0.4 is 4.74 Å². The molecule has 0 amide bonds. The first kappa shape index (κ1) is 23.4. The summed E-state index contributed by atoms with van der Waals surface area (Å²) in [7, 11) is -6.43. The molecule has 0 aliphatic carbocycles. The zero-order chi connectivity index (χ0) is 23.8. The third kappa shape index (κ3) is 4.29. The van der Waals surface area contributed by atoms with E-state index >= 15 is 0 Å². The molecule has 0 radical (unpaired) electrons. The average Bonchev–Trinajstić information content (AvgIpc) is 3.18. The minimum atomic E-state index is -3.99. The fraction of sp³-hybridized carbons (Fsp3) is 0.250. The quantitative estimate of drug-likeness (QED) is 0.529. The first-order chi connectivity index (χ1) is 15.7. The van der Waals surface area contributed by atoms with Crippen LogP contribution in [0.3, 0.4) is 0 Å². The van der Waals surface area contributed by atoms with Crippen LogP contribution in [0.2, 0.25) is 0 Å². The largest absolute Gasteiger partial charge is 0.497 e. The van der Waals surface area contributed by atoms with Crippen LogP contribution in [0.5, 0.6) is 5.75 Å².